The van der Waals surface area contributed by atoms with Gasteiger partial charge in [-0.3, -0.25) is 0 Å². The van der Waals surface area contributed by atoms with Gasteiger partial charge in [-0.25, -0.2) is 0 Å². The topological polar surface area (TPSA) is 12.5 Å². The summed E-state index contributed by atoms with van der Waals surface area (Å²) in [6.07, 6.45) is 4.56. The molecule has 1 aliphatic carbocycles. The van der Waals surface area contributed by atoms with Crippen molar-refractivity contribution in [2.24, 2.45) is 11.8 Å². The zero-order chi connectivity index (χ0) is 8.55. The van der Waals surface area contributed by atoms with Gasteiger partial charge in [-0.05, 0) is 44.7 Å². The van der Waals surface area contributed by atoms with Crippen molar-refractivity contribution in [1.29, 1.82) is 0 Å². The lowest BCUT2D eigenvalue weighted by atomic mass is 9.89. The average Bonchev–Trinajstić information content (AvgIpc) is 2.46. The molecule has 1 aliphatic heterocycles. The van der Waals surface area contributed by atoms with Crippen LogP contribution < -0.4 is 0 Å². The highest BCUT2D eigenvalue weighted by atomic mass is 16.5. The molecule has 2 fully saturated rings. The lowest BCUT2D eigenvalue weighted by molar-refractivity contribution is 0.103. The highest BCUT2D eigenvalue weighted by Crippen LogP contribution is 2.38. The van der Waals surface area contributed by atoms with Crippen molar-refractivity contribution >= 4 is 0 Å². The molecule has 70 valence electrons. The van der Waals surface area contributed by atoms with E-state index in [1.807, 2.05) is 7.11 Å². The van der Waals surface area contributed by atoms with Crippen LogP contribution in [0.5, 0.6) is 0 Å². The number of rotatable bonds is 1. The Bertz CT molecular complexity index is 160. The van der Waals surface area contributed by atoms with Gasteiger partial charge in [0.2, 0.25) is 0 Å². The summed E-state index contributed by atoms with van der Waals surface area (Å²) >= 11 is 0. The number of fused-ring (bicyclic) bond motifs is 1. The van der Waals surface area contributed by atoms with E-state index in [1.54, 1.807) is 0 Å². The van der Waals surface area contributed by atoms with E-state index in [4.69, 9.17) is 4.74 Å². The molecule has 0 aromatic rings. The lowest BCUT2D eigenvalue weighted by Crippen LogP contribution is -2.35. The molecule has 1 heterocycles. The van der Waals surface area contributed by atoms with E-state index in [9.17, 15) is 0 Å². The summed E-state index contributed by atoms with van der Waals surface area (Å²) in [7, 11) is 4.09. The van der Waals surface area contributed by atoms with Crippen LogP contribution in [-0.4, -0.2) is 38.3 Å². The standard InChI is InChI=1S/C10H19NO/c1-11-4-3-8-5-10(12-2)6-9(8)7-11/h8-10H,3-7H2,1-2H3. The summed E-state index contributed by atoms with van der Waals surface area (Å²) in [5.74, 6) is 1.89. The first-order chi connectivity index (χ1) is 5.79. The molecule has 0 aromatic carbocycles. The van der Waals surface area contributed by atoms with Crippen LogP contribution in [0.15, 0.2) is 0 Å². The molecule has 2 nitrogen and oxygen atoms in total. The van der Waals surface area contributed by atoms with Crippen LogP contribution in [0.3, 0.4) is 0 Å². The quantitative estimate of drug-likeness (QED) is 0.587. The zero-order valence-corrected chi connectivity index (χ0v) is 8.12. The first-order valence-corrected chi connectivity index (χ1v) is 5.01. The fraction of sp³-hybridized carbons (Fsp3) is 1.00. The third-order valence-corrected chi connectivity index (χ3v) is 3.56. The fourth-order valence-corrected chi connectivity index (χ4v) is 2.80. The molecule has 2 aliphatic rings. The summed E-state index contributed by atoms with van der Waals surface area (Å²) < 4.78 is 5.42. The van der Waals surface area contributed by atoms with Crippen molar-refractivity contribution in [3.8, 4) is 0 Å². The maximum absolute atomic E-state index is 5.42. The summed E-state index contributed by atoms with van der Waals surface area (Å²) in [6, 6.07) is 0. The van der Waals surface area contributed by atoms with Gasteiger partial charge in [0.15, 0.2) is 0 Å². The third-order valence-electron chi connectivity index (χ3n) is 3.56. The summed E-state index contributed by atoms with van der Waals surface area (Å²) in [4.78, 5) is 2.46. The SMILES string of the molecule is COC1CC2CCN(C)CC2C1. The molecular weight excluding hydrogens is 150 g/mol. The molecule has 0 amide bonds. The van der Waals surface area contributed by atoms with Crippen molar-refractivity contribution in [2.45, 2.75) is 25.4 Å². The van der Waals surface area contributed by atoms with Crippen LogP contribution in [0.4, 0.5) is 0 Å². The van der Waals surface area contributed by atoms with E-state index < -0.39 is 0 Å². The second-order valence-corrected chi connectivity index (χ2v) is 4.40. The molecule has 0 radical (unpaired) electrons. The zero-order valence-electron chi connectivity index (χ0n) is 8.12. The smallest absolute Gasteiger partial charge is 0.0577 e. The molecule has 0 N–H and O–H groups in total. The number of nitrogens with zero attached hydrogens (tertiary/aromatic N) is 1. The second kappa shape index (κ2) is 3.35. The molecule has 3 unspecified atom stereocenters. The molecule has 2 heteroatoms. The van der Waals surface area contributed by atoms with Crippen molar-refractivity contribution in [3.05, 3.63) is 0 Å². The van der Waals surface area contributed by atoms with Gasteiger partial charge in [0.25, 0.3) is 0 Å². The average molecular weight is 169 g/mol. The van der Waals surface area contributed by atoms with Crippen LogP contribution in [0, 0.1) is 11.8 Å². The number of ether oxygens (including phenoxy) is 1. The molecule has 0 bridgehead atoms. The predicted molar refractivity (Wildman–Crippen MR) is 49.1 cm³/mol. The first-order valence-electron chi connectivity index (χ1n) is 5.01. The Hall–Kier alpha value is -0.0800. The van der Waals surface area contributed by atoms with Gasteiger partial charge in [-0.1, -0.05) is 0 Å². The van der Waals surface area contributed by atoms with Gasteiger partial charge in [-0.15, -0.1) is 0 Å². The number of piperidine rings is 1. The van der Waals surface area contributed by atoms with E-state index in [0.29, 0.717) is 6.10 Å². The van der Waals surface area contributed by atoms with Gasteiger partial charge in [0.05, 0.1) is 6.10 Å². The van der Waals surface area contributed by atoms with Gasteiger partial charge in [0, 0.05) is 13.7 Å². The minimum atomic E-state index is 0.562. The third kappa shape index (κ3) is 1.50. The molecule has 12 heavy (non-hydrogen) atoms. The van der Waals surface area contributed by atoms with Crippen molar-refractivity contribution < 1.29 is 4.74 Å². The Morgan fingerprint density at radius 3 is 2.75 bits per heavy atom. The maximum Gasteiger partial charge on any atom is 0.0577 e. The Kier molecular flexibility index (Phi) is 2.37. The van der Waals surface area contributed by atoms with Crippen LogP contribution in [-0.2, 0) is 4.74 Å². The fourth-order valence-electron chi connectivity index (χ4n) is 2.80. The Morgan fingerprint density at radius 1 is 1.25 bits per heavy atom. The predicted octanol–water partition coefficient (Wildman–Crippen LogP) is 1.36. The molecule has 2 rings (SSSR count). The van der Waals surface area contributed by atoms with Gasteiger partial charge >= 0.3 is 0 Å². The maximum atomic E-state index is 5.42. The van der Waals surface area contributed by atoms with E-state index in [1.165, 1.54) is 32.4 Å². The Morgan fingerprint density at radius 2 is 2.00 bits per heavy atom. The largest absolute Gasteiger partial charge is 0.381 e. The van der Waals surface area contributed by atoms with Gasteiger partial charge < -0.3 is 9.64 Å². The number of hydrogen-bond donors (Lipinski definition) is 0. The highest BCUT2D eigenvalue weighted by Gasteiger charge is 2.36. The minimum Gasteiger partial charge on any atom is -0.381 e. The molecule has 0 spiro atoms. The molecule has 3 atom stereocenters. The number of methoxy groups -OCH3 is 1. The normalized spacial score (nSPS) is 43.0. The van der Waals surface area contributed by atoms with Gasteiger partial charge in [-0.2, -0.15) is 0 Å². The molecule has 1 saturated heterocycles. The van der Waals surface area contributed by atoms with E-state index in [2.05, 4.69) is 11.9 Å². The second-order valence-electron chi connectivity index (χ2n) is 4.40. The van der Waals surface area contributed by atoms with Crippen LogP contribution in [0.1, 0.15) is 19.3 Å². The molecular formula is C10H19NO. The van der Waals surface area contributed by atoms with Crippen LogP contribution in [0.25, 0.3) is 0 Å². The highest BCUT2D eigenvalue weighted by molar-refractivity contribution is 4.88. The van der Waals surface area contributed by atoms with Crippen molar-refractivity contribution in [2.75, 3.05) is 27.2 Å². The lowest BCUT2D eigenvalue weighted by Gasteiger charge is -2.31. The van der Waals surface area contributed by atoms with E-state index >= 15 is 0 Å². The monoisotopic (exact) mass is 169 g/mol. The summed E-state index contributed by atoms with van der Waals surface area (Å²) in [5.41, 5.74) is 0. The van der Waals surface area contributed by atoms with E-state index in [-0.39, 0.29) is 0 Å². The summed E-state index contributed by atoms with van der Waals surface area (Å²) in [6.45, 7) is 2.59. The first kappa shape index (κ1) is 8.52. The minimum absolute atomic E-state index is 0.562. The number of likely N-dealkylation sites (tertiary alicyclic amines) is 1. The van der Waals surface area contributed by atoms with Crippen LogP contribution in [0.2, 0.25) is 0 Å². The molecule has 0 aromatic heterocycles. The van der Waals surface area contributed by atoms with Crippen molar-refractivity contribution in [3.63, 3.8) is 0 Å². The van der Waals surface area contributed by atoms with Crippen LogP contribution >= 0.6 is 0 Å². The molecule has 1 saturated carbocycles. The Labute approximate surface area is 74.9 Å². The van der Waals surface area contributed by atoms with Gasteiger partial charge in [0.1, 0.15) is 0 Å². The number of hydrogen-bond acceptors (Lipinski definition) is 2. The van der Waals surface area contributed by atoms with Crippen molar-refractivity contribution in [1.82, 2.24) is 4.90 Å². The summed E-state index contributed by atoms with van der Waals surface area (Å²) in [5, 5.41) is 0. The Balaban J connectivity index is 1.93. The van der Waals surface area contributed by atoms with E-state index in [0.717, 1.165) is 11.8 Å².